The first-order chi connectivity index (χ1) is 32.7. The van der Waals surface area contributed by atoms with Crippen molar-refractivity contribution in [2.75, 3.05) is 31.1 Å². The van der Waals surface area contributed by atoms with E-state index in [1.54, 1.807) is 56.3 Å². The van der Waals surface area contributed by atoms with Gasteiger partial charge in [-0.3, -0.25) is 48.1 Å². The van der Waals surface area contributed by atoms with Crippen molar-refractivity contribution in [3.05, 3.63) is 65.7 Å². The Bertz CT molecular complexity index is 2130. The molecule has 22 nitrogen and oxygen atoms in total. The summed E-state index contributed by atoms with van der Waals surface area (Å²) >= 11 is 8.42. The number of nitrogens with zero attached hydrogens (tertiary/aromatic N) is 2. The summed E-state index contributed by atoms with van der Waals surface area (Å²) in [6, 6.07) is 6.66. The Morgan fingerprint density at radius 2 is 1.33 bits per heavy atom. The zero-order valence-electron chi connectivity index (χ0n) is 38.9. The van der Waals surface area contributed by atoms with E-state index in [0.29, 0.717) is 17.5 Å². The molecule has 2 aromatic carbocycles. The number of likely N-dealkylation sites (tertiary alicyclic amines) is 1. The maximum Gasteiger partial charge on any atom is 0.246 e. The fraction of sp³-hybridized carbons (Fsp3) is 0.511. The highest BCUT2D eigenvalue weighted by molar-refractivity contribution is 7.80. The van der Waals surface area contributed by atoms with E-state index in [0.717, 1.165) is 0 Å². The summed E-state index contributed by atoms with van der Waals surface area (Å²) in [5, 5.41) is 28.1. The highest BCUT2D eigenvalue weighted by Crippen LogP contribution is 2.20. The van der Waals surface area contributed by atoms with Crippen LogP contribution in [0, 0.1) is 5.92 Å². The molecule has 1 saturated heterocycles. The first kappa shape index (κ1) is 56.8. The second-order valence-corrected chi connectivity index (χ2v) is 17.6. The molecule has 0 aliphatic carbocycles. The zero-order valence-corrected chi connectivity index (χ0v) is 40.7. The SMILES string of the molecule is CC(C)[C@H](NC(=O)[C@H](C)NC(=O)[C@H](Cc1ccccc1)NC(=O)[C@H](Cc1ccc(O)cc1)NC(=O)CCS)C(=O)N[C@@H](CS)C(=O)N1CCC[C@H]1C(=O)N[C@H](CCCN=C(N)N)C(=O)NCC(N)=O. The van der Waals surface area contributed by atoms with E-state index in [4.69, 9.17) is 17.2 Å². The van der Waals surface area contributed by atoms with Crippen LogP contribution in [0.2, 0.25) is 0 Å². The van der Waals surface area contributed by atoms with E-state index in [9.17, 15) is 48.3 Å². The van der Waals surface area contributed by atoms with E-state index in [-0.39, 0.29) is 74.8 Å². The molecule has 1 aliphatic heterocycles. The molecule has 24 heteroatoms. The molecule has 2 aromatic rings. The molecule has 14 N–H and O–H groups in total. The van der Waals surface area contributed by atoms with Crippen molar-refractivity contribution in [2.45, 2.75) is 108 Å². The molecule has 0 aromatic heterocycles. The van der Waals surface area contributed by atoms with Crippen LogP contribution in [0.1, 0.15) is 64.0 Å². The van der Waals surface area contributed by atoms with Crippen molar-refractivity contribution in [2.24, 2.45) is 28.1 Å². The number of rotatable bonds is 27. The minimum Gasteiger partial charge on any atom is -0.508 e. The number of phenolic OH excluding ortho intramolecular Hbond substituents is 1. The lowest BCUT2D eigenvalue weighted by Gasteiger charge is -2.31. The number of thiol groups is 2. The first-order valence-electron chi connectivity index (χ1n) is 22.5. The van der Waals surface area contributed by atoms with E-state index < -0.39 is 108 Å². The van der Waals surface area contributed by atoms with Gasteiger partial charge in [-0.2, -0.15) is 25.3 Å². The molecule has 1 aliphatic rings. The number of carbonyl (C=O) groups excluding carboxylic acids is 9. The molecule has 9 amide bonds. The maximum atomic E-state index is 14.0. The number of carbonyl (C=O) groups is 9. The molecule has 3 rings (SSSR count). The highest BCUT2D eigenvalue weighted by atomic mass is 32.1. The molecular weight excluding hydrogens is 933 g/mol. The number of nitrogens with two attached hydrogens (primary N) is 3. The van der Waals surface area contributed by atoms with Gasteiger partial charge < -0.3 is 64.4 Å². The van der Waals surface area contributed by atoms with Crippen LogP contribution in [0.25, 0.3) is 0 Å². The molecule has 0 unspecified atom stereocenters. The lowest BCUT2D eigenvalue weighted by Crippen LogP contribution is -2.61. The minimum absolute atomic E-state index is 0.00649. The van der Waals surface area contributed by atoms with Gasteiger partial charge in [-0.25, -0.2) is 0 Å². The maximum absolute atomic E-state index is 14.0. The summed E-state index contributed by atoms with van der Waals surface area (Å²) in [5.41, 5.74) is 17.2. The summed E-state index contributed by atoms with van der Waals surface area (Å²) < 4.78 is 0. The van der Waals surface area contributed by atoms with Crippen LogP contribution >= 0.6 is 25.3 Å². The molecule has 0 bridgehead atoms. The molecule has 0 radical (unpaired) electrons. The van der Waals surface area contributed by atoms with Gasteiger partial charge in [0.2, 0.25) is 53.2 Å². The number of guanidine groups is 1. The molecule has 0 saturated carbocycles. The van der Waals surface area contributed by atoms with Gasteiger partial charge in [-0.15, -0.1) is 0 Å². The summed E-state index contributed by atoms with van der Waals surface area (Å²) in [5.74, 6) is -6.77. The minimum atomic E-state index is -1.25. The fourth-order valence-electron chi connectivity index (χ4n) is 7.26. The molecule has 0 spiro atoms. The van der Waals surface area contributed by atoms with Crippen molar-refractivity contribution in [3.63, 3.8) is 0 Å². The number of hydrogen-bond donors (Lipinski definition) is 13. The second-order valence-electron chi connectivity index (χ2n) is 16.8. The third kappa shape index (κ3) is 19.2. The van der Waals surface area contributed by atoms with Crippen LogP contribution in [0.15, 0.2) is 59.6 Å². The Morgan fingerprint density at radius 1 is 0.725 bits per heavy atom. The predicted molar refractivity (Wildman–Crippen MR) is 263 cm³/mol. The molecule has 1 heterocycles. The average Bonchev–Trinajstić information content (AvgIpc) is 3.80. The Morgan fingerprint density at radius 3 is 1.93 bits per heavy atom. The predicted octanol–water partition coefficient (Wildman–Crippen LogP) is -2.34. The van der Waals surface area contributed by atoms with Crippen molar-refractivity contribution >= 4 is 84.4 Å². The third-order valence-corrected chi connectivity index (χ3v) is 11.5. The second kappa shape index (κ2) is 28.7. The fourth-order valence-corrected chi connectivity index (χ4v) is 7.71. The van der Waals surface area contributed by atoms with Crippen molar-refractivity contribution < 1.29 is 48.3 Å². The topological polar surface area (TPSA) is 352 Å². The number of aliphatic imine (C=N–C) groups is 1. The molecule has 7 atom stereocenters. The van der Waals surface area contributed by atoms with Crippen LogP contribution in [0.3, 0.4) is 0 Å². The quantitative estimate of drug-likeness (QED) is 0.0194. The number of hydrogen-bond acceptors (Lipinski definition) is 13. The molecule has 378 valence electrons. The number of amides is 9. The molecule has 1 fully saturated rings. The summed E-state index contributed by atoms with van der Waals surface area (Å²) in [4.78, 5) is 125. The first-order valence-corrected chi connectivity index (χ1v) is 23.8. The number of phenols is 1. The molecule has 69 heavy (non-hydrogen) atoms. The van der Waals surface area contributed by atoms with E-state index >= 15 is 0 Å². The van der Waals surface area contributed by atoms with Crippen LogP contribution < -0.4 is 54.4 Å². The summed E-state index contributed by atoms with van der Waals surface area (Å²) in [6.45, 7) is 4.55. The zero-order chi connectivity index (χ0) is 51.2. The number of nitrogens with one attached hydrogen (secondary N) is 7. The van der Waals surface area contributed by atoms with Crippen LogP contribution in [-0.4, -0.2) is 143 Å². The smallest absolute Gasteiger partial charge is 0.246 e. The Kier molecular flexibility index (Phi) is 23.6. The van der Waals surface area contributed by atoms with Gasteiger partial charge in [0, 0.05) is 38.1 Å². The van der Waals surface area contributed by atoms with Crippen LogP contribution in [0.5, 0.6) is 5.75 Å². The summed E-state index contributed by atoms with van der Waals surface area (Å²) in [6.07, 6.45) is 1.09. The van der Waals surface area contributed by atoms with E-state index in [2.05, 4.69) is 67.5 Å². The van der Waals surface area contributed by atoms with Crippen molar-refractivity contribution in [3.8, 4) is 5.75 Å². The van der Waals surface area contributed by atoms with Crippen molar-refractivity contribution in [1.82, 2.24) is 42.1 Å². The number of primary amides is 1. The lowest BCUT2D eigenvalue weighted by atomic mass is 10.0. The van der Waals surface area contributed by atoms with Gasteiger partial charge in [0.25, 0.3) is 0 Å². The monoisotopic (exact) mass is 998 g/mol. The van der Waals surface area contributed by atoms with Crippen LogP contribution in [-0.2, 0) is 56.0 Å². The van der Waals surface area contributed by atoms with Gasteiger partial charge in [0.1, 0.15) is 48.0 Å². The number of benzene rings is 2. The van der Waals surface area contributed by atoms with Gasteiger partial charge in [0.05, 0.1) is 6.54 Å². The normalized spacial score (nSPS) is 15.7. The van der Waals surface area contributed by atoms with Crippen LogP contribution in [0.4, 0.5) is 0 Å². The van der Waals surface area contributed by atoms with Gasteiger partial charge in [0.15, 0.2) is 5.96 Å². The largest absolute Gasteiger partial charge is 0.508 e. The third-order valence-electron chi connectivity index (χ3n) is 10.9. The van der Waals surface area contributed by atoms with Gasteiger partial charge >= 0.3 is 0 Å². The standard InChI is InChI=1S/C45H66N12O10S2/c1-25(2)37(43(66)55-33(24-69)44(67)57-19-8-12-34(57)42(65)53-30(11-7-18-49-45(47)48)39(62)50-23-35(46)59)56-38(61)26(3)51-40(63)32(21-27-9-5-4-6-10-27)54-41(64)31(52-36(60)17-20-68)22-28-13-15-29(58)16-14-28/h4-6,9-10,13-16,25-26,30-34,37,58,68-69H,7-8,11-12,17-24H2,1-3H3,(H2,46,59)(H,50,62)(H,51,63)(H,52,60)(H,53,65)(H,54,64)(H,55,66)(H,56,61)(H4,47,48,49)/t26-,30+,31-,32-,33-,34-,37-/m0/s1. The highest BCUT2D eigenvalue weighted by Gasteiger charge is 2.40. The van der Waals surface area contributed by atoms with Gasteiger partial charge in [-0.05, 0) is 67.5 Å². The Hall–Kier alpha value is -6.56. The average molecular weight is 999 g/mol. The Labute approximate surface area is 412 Å². The van der Waals surface area contributed by atoms with E-state index in [1.807, 2.05) is 0 Å². The summed E-state index contributed by atoms with van der Waals surface area (Å²) in [7, 11) is 0. The van der Waals surface area contributed by atoms with Crippen molar-refractivity contribution in [1.29, 1.82) is 0 Å². The lowest BCUT2D eigenvalue weighted by molar-refractivity contribution is -0.142. The number of aromatic hydroxyl groups is 1. The Balaban J connectivity index is 1.72. The van der Waals surface area contributed by atoms with E-state index in [1.165, 1.54) is 24.0 Å². The van der Waals surface area contributed by atoms with Gasteiger partial charge in [-0.1, -0.05) is 56.3 Å². The molecular formula is C45H66N12O10S2.